The van der Waals surface area contributed by atoms with Crippen molar-refractivity contribution in [1.29, 1.82) is 5.26 Å². The number of hydrogen-bond acceptors (Lipinski definition) is 3. The van der Waals surface area contributed by atoms with E-state index in [9.17, 15) is 5.26 Å². The van der Waals surface area contributed by atoms with Gasteiger partial charge in [0.05, 0.1) is 6.07 Å². The maximum Gasteiger partial charge on any atom is 0.126 e. The van der Waals surface area contributed by atoms with Crippen LogP contribution in [0.25, 0.3) is 10.9 Å². The van der Waals surface area contributed by atoms with Gasteiger partial charge in [0.1, 0.15) is 6.04 Å². The number of rotatable bonds is 2. The van der Waals surface area contributed by atoms with Crippen molar-refractivity contribution >= 4 is 22.5 Å². The van der Waals surface area contributed by atoms with Crippen LogP contribution >= 0.6 is 11.6 Å². The van der Waals surface area contributed by atoms with Crippen molar-refractivity contribution in [3.05, 3.63) is 35.0 Å². The maximum atomic E-state index is 9.59. The first kappa shape index (κ1) is 13.4. The fourth-order valence-electron chi connectivity index (χ4n) is 2.77. The Morgan fingerprint density at radius 1 is 1.30 bits per heavy atom. The van der Waals surface area contributed by atoms with Gasteiger partial charge in [0, 0.05) is 53.9 Å². The number of H-pyrrole nitrogens is 1. The summed E-state index contributed by atoms with van der Waals surface area (Å²) in [6.07, 6.45) is 1.94. The molecule has 3 rings (SSSR count). The molecule has 5 heteroatoms. The first-order valence-corrected chi connectivity index (χ1v) is 7.15. The molecule has 1 aliphatic rings. The first-order valence-electron chi connectivity index (χ1n) is 6.78. The SMILES string of the molecule is CN1CCN([C@H](C#N)c2c[nH]c3ccc(Cl)cc23)CC1. The molecular formula is C15H17ClN4. The minimum Gasteiger partial charge on any atom is -0.361 e. The average molecular weight is 289 g/mol. The second kappa shape index (κ2) is 5.45. The Morgan fingerprint density at radius 2 is 2.05 bits per heavy atom. The van der Waals surface area contributed by atoms with Crippen molar-refractivity contribution in [1.82, 2.24) is 14.8 Å². The molecule has 1 atom stereocenters. The highest BCUT2D eigenvalue weighted by Gasteiger charge is 2.25. The van der Waals surface area contributed by atoms with E-state index in [0.29, 0.717) is 5.02 Å². The normalized spacial score (nSPS) is 19.1. The van der Waals surface area contributed by atoms with Gasteiger partial charge >= 0.3 is 0 Å². The third-order valence-corrected chi connectivity index (χ3v) is 4.23. The molecule has 0 radical (unpaired) electrons. The van der Waals surface area contributed by atoms with Gasteiger partial charge < -0.3 is 9.88 Å². The Bertz CT molecular complexity index is 649. The summed E-state index contributed by atoms with van der Waals surface area (Å²) >= 11 is 6.08. The molecule has 0 unspecified atom stereocenters. The molecule has 20 heavy (non-hydrogen) atoms. The molecule has 0 spiro atoms. The van der Waals surface area contributed by atoms with Crippen LogP contribution in [0.5, 0.6) is 0 Å². The summed E-state index contributed by atoms with van der Waals surface area (Å²) in [5.41, 5.74) is 2.05. The molecular weight excluding hydrogens is 272 g/mol. The van der Waals surface area contributed by atoms with Gasteiger partial charge in [-0.1, -0.05) is 11.6 Å². The highest BCUT2D eigenvalue weighted by atomic mass is 35.5. The zero-order chi connectivity index (χ0) is 14.1. The minimum absolute atomic E-state index is 0.212. The number of aromatic amines is 1. The van der Waals surface area contributed by atoms with Gasteiger partial charge in [0.15, 0.2) is 0 Å². The third kappa shape index (κ3) is 2.40. The van der Waals surface area contributed by atoms with Gasteiger partial charge in [0.2, 0.25) is 0 Å². The van der Waals surface area contributed by atoms with E-state index in [1.165, 1.54) is 0 Å². The van der Waals surface area contributed by atoms with Crippen LogP contribution < -0.4 is 0 Å². The van der Waals surface area contributed by atoms with E-state index in [2.05, 4.69) is 27.9 Å². The Labute approximate surface area is 123 Å². The molecule has 1 aromatic carbocycles. The summed E-state index contributed by atoms with van der Waals surface area (Å²) in [5, 5.41) is 11.3. The van der Waals surface area contributed by atoms with E-state index >= 15 is 0 Å². The number of hydrogen-bond donors (Lipinski definition) is 1. The minimum atomic E-state index is -0.212. The fourth-order valence-corrected chi connectivity index (χ4v) is 2.94. The average Bonchev–Trinajstić information content (AvgIpc) is 2.85. The van der Waals surface area contributed by atoms with E-state index in [1.54, 1.807) is 0 Å². The van der Waals surface area contributed by atoms with Gasteiger partial charge in [-0.3, -0.25) is 4.90 Å². The lowest BCUT2D eigenvalue weighted by molar-refractivity contribution is 0.133. The van der Waals surface area contributed by atoms with Crippen LogP contribution in [0.3, 0.4) is 0 Å². The predicted molar refractivity (Wildman–Crippen MR) is 80.7 cm³/mol. The lowest BCUT2D eigenvalue weighted by Gasteiger charge is -2.35. The fraction of sp³-hybridized carbons (Fsp3) is 0.400. The quantitative estimate of drug-likeness (QED) is 0.924. The summed E-state index contributed by atoms with van der Waals surface area (Å²) in [4.78, 5) is 7.76. The summed E-state index contributed by atoms with van der Waals surface area (Å²) in [6, 6.07) is 7.99. The Kier molecular flexibility index (Phi) is 3.66. The van der Waals surface area contributed by atoms with E-state index < -0.39 is 0 Å². The van der Waals surface area contributed by atoms with Crippen molar-refractivity contribution in [3.8, 4) is 6.07 Å². The molecule has 4 nitrogen and oxygen atoms in total. The number of benzene rings is 1. The van der Waals surface area contributed by atoms with Crippen LogP contribution in [0.2, 0.25) is 5.02 Å². The maximum absolute atomic E-state index is 9.59. The number of nitrogens with one attached hydrogen (secondary N) is 1. The van der Waals surface area contributed by atoms with Crippen molar-refractivity contribution < 1.29 is 0 Å². The first-order chi connectivity index (χ1) is 9.69. The number of piperazine rings is 1. The smallest absolute Gasteiger partial charge is 0.126 e. The molecule has 1 fully saturated rings. The zero-order valence-electron chi connectivity index (χ0n) is 11.4. The molecule has 0 bridgehead atoms. The highest BCUT2D eigenvalue weighted by Crippen LogP contribution is 2.30. The summed E-state index contributed by atoms with van der Waals surface area (Å²) < 4.78 is 0. The van der Waals surface area contributed by atoms with Crippen LogP contribution in [0, 0.1) is 11.3 Å². The molecule has 2 heterocycles. The highest BCUT2D eigenvalue weighted by molar-refractivity contribution is 6.31. The topological polar surface area (TPSA) is 46.1 Å². The standard InChI is InChI=1S/C15H17ClN4/c1-19-4-6-20(7-5-19)15(9-17)13-10-18-14-3-2-11(16)8-12(13)14/h2-3,8,10,15,18H,4-7H2,1H3/t15-/m1/s1. The van der Waals surface area contributed by atoms with E-state index in [0.717, 1.165) is 42.6 Å². The molecule has 1 aromatic heterocycles. The van der Waals surface area contributed by atoms with Gasteiger partial charge in [-0.05, 0) is 25.2 Å². The number of nitrogens with zero attached hydrogens (tertiary/aromatic N) is 3. The molecule has 1 N–H and O–H groups in total. The van der Waals surface area contributed by atoms with Crippen molar-refractivity contribution in [2.45, 2.75) is 6.04 Å². The number of halogens is 1. The van der Waals surface area contributed by atoms with Gasteiger partial charge in [-0.15, -0.1) is 0 Å². The van der Waals surface area contributed by atoms with Crippen LogP contribution in [-0.4, -0.2) is 48.0 Å². The number of aromatic nitrogens is 1. The van der Waals surface area contributed by atoms with Crippen LogP contribution in [0.1, 0.15) is 11.6 Å². The molecule has 104 valence electrons. The van der Waals surface area contributed by atoms with Crippen LogP contribution in [0.15, 0.2) is 24.4 Å². The Balaban J connectivity index is 1.95. The second-order valence-electron chi connectivity index (χ2n) is 5.30. The number of nitriles is 1. The zero-order valence-corrected chi connectivity index (χ0v) is 12.2. The Hall–Kier alpha value is -1.54. The largest absolute Gasteiger partial charge is 0.361 e. The van der Waals surface area contributed by atoms with Crippen LogP contribution in [-0.2, 0) is 0 Å². The summed E-state index contributed by atoms with van der Waals surface area (Å²) in [5.74, 6) is 0. The lowest BCUT2D eigenvalue weighted by atomic mass is 10.0. The Morgan fingerprint density at radius 3 is 2.75 bits per heavy atom. The van der Waals surface area contributed by atoms with Gasteiger partial charge in [0.25, 0.3) is 0 Å². The van der Waals surface area contributed by atoms with Gasteiger partial charge in [-0.25, -0.2) is 0 Å². The third-order valence-electron chi connectivity index (χ3n) is 4.00. The predicted octanol–water partition coefficient (Wildman–Crippen LogP) is 2.63. The molecule has 0 saturated carbocycles. The van der Waals surface area contributed by atoms with E-state index in [4.69, 9.17) is 11.6 Å². The van der Waals surface area contributed by atoms with Crippen molar-refractivity contribution in [2.24, 2.45) is 0 Å². The molecule has 1 saturated heterocycles. The summed E-state index contributed by atoms with van der Waals surface area (Å²) in [6.45, 7) is 3.84. The molecule has 1 aliphatic heterocycles. The molecule has 2 aromatic rings. The van der Waals surface area contributed by atoms with Crippen molar-refractivity contribution in [2.75, 3.05) is 33.2 Å². The second-order valence-corrected chi connectivity index (χ2v) is 5.74. The summed E-state index contributed by atoms with van der Waals surface area (Å²) in [7, 11) is 2.12. The van der Waals surface area contributed by atoms with Crippen LogP contribution in [0.4, 0.5) is 0 Å². The van der Waals surface area contributed by atoms with Gasteiger partial charge in [-0.2, -0.15) is 5.26 Å². The lowest BCUT2D eigenvalue weighted by Crippen LogP contribution is -2.45. The van der Waals surface area contributed by atoms with Crippen molar-refractivity contribution in [3.63, 3.8) is 0 Å². The molecule has 0 amide bonds. The number of fused-ring (bicyclic) bond motifs is 1. The number of likely N-dealkylation sites (N-methyl/N-ethyl adjacent to an activating group) is 1. The van der Waals surface area contributed by atoms with E-state index in [1.807, 2.05) is 24.4 Å². The molecule has 0 aliphatic carbocycles. The monoisotopic (exact) mass is 288 g/mol. The van der Waals surface area contributed by atoms with E-state index in [-0.39, 0.29) is 6.04 Å².